The number of anilines is 1. The Hall–Kier alpha value is -2.14. The number of ketones is 1. The van der Waals surface area contributed by atoms with E-state index in [4.69, 9.17) is 4.42 Å². The van der Waals surface area contributed by atoms with Gasteiger partial charge in [-0.2, -0.15) is 0 Å². The summed E-state index contributed by atoms with van der Waals surface area (Å²) in [5.41, 5.74) is 1.55. The van der Waals surface area contributed by atoms with E-state index in [0.717, 1.165) is 29.2 Å². The van der Waals surface area contributed by atoms with Gasteiger partial charge in [0, 0.05) is 22.0 Å². The summed E-state index contributed by atoms with van der Waals surface area (Å²) in [6.07, 6.45) is 2.02. The van der Waals surface area contributed by atoms with Gasteiger partial charge in [0.2, 0.25) is 5.88 Å². The second-order valence-corrected chi connectivity index (χ2v) is 6.48. The van der Waals surface area contributed by atoms with Gasteiger partial charge in [0.15, 0.2) is 5.78 Å². The molecule has 0 bridgehead atoms. The Kier molecular flexibility index (Phi) is 5.00. The first-order chi connectivity index (χ1) is 11.6. The SMILES string of the molecule is CCCCNc1oc2ccc(Br)cc2c1C(=O)c1ccc(F)cc1. The van der Waals surface area contributed by atoms with Gasteiger partial charge in [-0.15, -0.1) is 0 Å². The van der Waals surface area contributed by atoms with Gasteiger partial charge in [0.1, 0.15) is 11.4 Å². The van der Waals surface area contributed by atoms with E-state index in [1.807, 2.05) is 18.2 Å². The van der Waals surface area contributed by atoms with Crippen LogP contribution in [0.3, 0.4) is 0 Å². The first-order valence-corrected chi connectivity index (χ1v) is 8.65. The predicted octanol–water partition coefficient (Wildman–Crippen LogP) is 5.78. The second kappa shape index (κ2) is 7.18. The summed E-state index contributed by atoms with van der Waals surface area (Å²) < 4.78 is 19.8. The molecule has 3 nitrogen and oxygen atoms in total. The van der Waals surface area contributed by atoms with Gasteiger partial charge in [0.05, 0.1) is 5.56 Å². The van der Waals surface area contributed by atoms with Crippen molar-refractivity contribution in [3.8, 4) is 0 Å². The van der Waals surface area contributed by atoms with E-state index in [0.29, 0.717) is 22.6 Å². The number of fused-ring (bicyclic) bond motifs is 1. The Bertz CT molecular complexity index is 871. The zero-order valence-electron chi connectivity index (χ0n) is 13.2. The Morgan fingerprint density at radius 2 is 1.96 bits per heavy atom. The highest BCUT2D eigenvalue weighted by Crippen LogP contribution is 2.33. The van der Waals surface area contributed by atoms with Crippen molar-refractivity contribution >= 4 is 38.6 Å². The lowest BCUT2D eigenvalue weighted by Crippen LogP contribution is -2.07. The van der Waals surface area contributed by atoms with Gasteiger partial charge in [-0.3, -0.25) is 4.79 Å². The maximum Gasteiger partial charge on any atom is 0.205 e. The Morgan fingerprint density at radius 3 is 2.67 bits per heavy atom. The van der Waals surface area contributed by atoms with E-state index in [1.165, 1.54) is 24.3 Å². The molecule has 0 atom stereocenters. The second-order valence-electron chi connectivity index (χ2n) is 5.56. The lowest BCUT2D eigenvalue weighted by atomic mass is 10.0. The fourth-order valence-corrected chi connectivity index (χ4v) is 2.91. The van der Waals surface area contributed by atoms with Crippen LogP contribution in [0.1, 0.15) is 35.7 Å². The van der Waals surface area contributed by atoms with Crippen LogP contribution in [0.4, 0.5) is 10.3 Å². The van der Waals surface area contributed by atoms with Crippen LogP contribution in [0.15, 0.2) is 51.4 Å². The minimum atomic E-state index is -0.368. The fraction of sp³-hybridized carbons (Fsp3) is 0.211. The highest BCUT2D eigenvalue weighted by Gasteiger charge is 2.22. The standard InChI is InChI=1S/C19H17BrFNO2/c1-2-3-10-22-19-17(15-11-13(20)6-9-16(15)24-19)18(23)12-4-7-14(21)8-5-12/h4-9,11,22H,2-3,10H2,1H3. The molecule has 0 amide bonds. The average molecular weight is 390 g/mol. The number of halogens is 2. The molecule has 1 heterocycles. The van der Waals surface area contributed by atoms with Crippen molar-refractivity contribution in [1.29, 1.82) is 0 Å². The Morgan fingerprint density at radius 1 is 1.21 bits per heavy atom. The molecule has 0 aliphatic rings. The lowest BCUT2D eigenvalue weighted by Gasteiger charge is -2.05. The molecule has 1 aromatic heterocycles. The molecule has 0 spiro atoms. The van der Waals surface area contributed by atoms with Crippen LogP contribution in [-0.2, 0) is 0 Å². The molecule has 24 heavy (non-hydrogen) atoms. The molecular weight excluding hydrogens is 373 g/mol. The Balaban J connectivity index is 2.08. The first kappa shape index (κ1) is 16.7. The van der Waals surface area contributed by atoms with Gasteiger partial charge >= 0.3 is 0 Å². The summed E-state index contributed by atoms with van der Waals surface area (Å²) in [5.74, 6) is -0.0932. The van der Waals surface area contributed by atoms with Crippen molar-refractivity contribution in [3.05, 3.63) is 63.9 Å². The molecule has 0 saturated heterocycles. The predicted molar refractivity (Wildman–Crippen MR) is 97.1 cm³/mol. The molecule has 5 heteroatoms. The maximum absolute atomic E-state index is 13.1. The highest BCUT2D eigenvalue weighted by atomic mass is 79.9. The van der Waals surface area contributed by atoms with Crippen molar-refractivity contribution < 1.29 is 13.6 Å². The summed E-state index contributed by atoms with van der Waals surface area (Å²) >= 11 is 3.43. The van der Waals surface area contributed by atoms with Gasteiger partial charge in [-0.25, -0.2) is 4.39 Å². The van der Waals surface area contributed by atoms with Crippen molar-refractivity contribution in [3.63, 3.8) is 0 Å². The normalized spacial score (nSPS) is 11.0. The molecule has 3 rings (SSSR count). The molecule has 0 unspecified atom stereocenters. The lowest BCUT2D eigenvalue weighted by molar-refractivity contribution is 0.104. The van der Waals surface area contributed by atoms with E-state index < -0.39 is 0 Å². The number of carbonyl (C=O) groups excluding carboxylic acids is 1. The van der Waals surface area contributed by atoms with Crippen LogP contribution in [-0.4, -0.2) is 12.3 Å². The topological polar surface area (TPSA) is 42.2 Å². The van der Waals surface area contributed by atoms with Crippen LogP contribution in [0.25, 0.3) is 11.0 Å². The van der Waals surface area contributed by atoms with E-state index in [1.54, 1.807) is 0 Å². The largest absolute Gasteiger partial charge is 0.440 e. The number of benzene rings is 2. The van der Waals surface area contributed by atoms with Crippen molar-refractivity contribution in [2.24, 2.45) is 0 Å². The number of unbranched alkanes of at least 4 members (excludes halogenated alkanes) is 1. The van der Waals surface area contributed by atoms with Crippen LogP contribution in [0, 0.1) is 5.82 Å². The summed E-state index contributed by atoms with van der Waals surface area (Å²) in [4.78, 5) is 13.0. The van der Waals surface area contributed by atoms with Crippen molar-refractivity contribution in [2.45, 2.75) is 19.8 Å². The third-order valence-electron chi connectivity index (χ3n) is 3.80. The summed E-state index contributed by atoms with van der Waals surface area (Å²) in [7, 11) is 0. The monoisotopic (exact) mass is 389 g/mol. The fourth-order valence-electron chi connectivity index (χ4n) is 2.54. The third-order valence-corrected chi connectivity index (χ3v) is 4.29. The summed E-state index contributed by atoms with van der Waals surface area (Å²) in [6, 6.07) is 11.1. The van der Waals surface area contributed by atoms with E-state index in [9.17, 15) is 9.18 Å². The molecule has 1 N–H and O–H groups in total. The van der Waals surface area contributed by atoms with E-state index >= 15 is 0 Å². The Labute approximate surface area is 148 Å². The maximum atomic E-state index is 13.1. The zero-order chi connectivity index (χ0) is 17.1. The average Bonchev–Trinajstić information content (AvgIpc) is 2.92. The minimum absolute atomic E-state index is 0.189. The van der Waals surface area contributed by atoms with Gasteiger partial charge in [0.25, 0.3) is 0 Å². The van der Waals surface area contributed by atoms with Crippen LogP contribution in [0.5, 0.6) is 0 Å². The molecule has 0 radical (unpaired) electrons. The molecule has 0 fully saturated rings. The number of furan rings is 1. The molecule has 124 valence electrons. The van der Waals surface area contributed by atoms with Gasteiger partial charge in [-0.1, -0.05) is 29.3 Å². The number of hydrogen-bond acceptors (Lipinski definition) is 3. The summed E-state index contributed by atoms with van der Waals surface area (Å²) in [5, 5.41) is 3.94. The van der Waals surface area contributed by atoms with Gasteiger partial charge in [-0.05, 0) is 48.9 Å². The highest BCUT2D eigenvalue weighted by molar-refractivity contribution is 9.10. The molecule has 0 aliphatic heterocycles. The molecule has 0 saturated carbocycles. The third kappa shape index (κ3) is 3.36. The van der Waals surface area contributed by atoms with Crippen LogP contribution in [0.2, 0.25) is 0 Å². The van der Waals surface area contributed by atoms with Gasteiger partial charge < -0.3 is 9.73 Å². The smallest absolute Gasteiger partial charge is 0.205 e. The number of carbonyl (C=O) groups is 1. The number of nitrogens with one attached hydrogen (secondary N) is 1. The zero-order valence-corrected chi connectivity index (χ0v) is 14.8. The van der Waals surface area contributed by atoms with Crippen LogP contribution >= 0.6 is 15.9 Å². The minimum Gasteiger partial charge on any atom is -0.440 e. The van der Waals surface area contributed by atoms with Crippen LogP contribution < -0.4 is 5.32 Å². The van der Waals surface area contributed by atoms with E-state index in [-0.39, 0.29) is 11.6 Å². The first-order valence-electron chi connectivity index (χ1n) is 7.86. The molecular formula is C19H17BrFNO2. The molecule has 3 aromatic rings. The van der Waals surface area contributed by atoms with Crippen molar-refractivity contribution in [1.82, 2.24) is 0 Å². The van der Waals surface area contributed by atoms with Crippen molar-refractivity contribution in [2.75, 3.05) is 11.9 Å². The molecule has 0 aliphatic carbocycles. The number of hydrogen-bond donors (Lipinski definition) is 1. The number of rotatable bonds is 6. The van der Waals surface area contributed by atoms with E-state index in [2.05, 4.69) is 28.2 Å². The molecule has 2 aromatic carbocycles. The summed E-state index contributed by atoms with van der Waals surface area (Å²) in [6.45, 7) is 2.82. The quantitative estimate of drug-likeness (QED) is 0.429.